The van der Waals surface area contributed by atoms with Gasteiger partial charge in [0.25, 0.3) is 5.91 Å². The van der Waals surface area contributed by atoms with Gasteiger partial charge in [0.15, 0.2) is 12.1 Å². The van der Waals surface area contributed by atoms with E-state index >= 15 is 0 Å². The molecule has 0 atom stereocenters. The molecule has 0 saturated heterocycles. The maximum atomic E-state index is 11.4. The zero-order valence-electron chi connectivity index (χ0n) is 8.48. The Bertz CT molecular complexity index is 370. The van der Waals surface area contributed by atoms with Crippen molar-refractivity contribution < 1.29 is 19.1 Å². The molecule has 6 heteroatoms. The van der Waals surface area contributed by atoms with Crippen molar-refractivity contribution in [2.45, 2.75) is 19.8 Å². The van der Waals surface area contributed by atoms with Crippen LogP contribution in [0.4, 0.5) is 0 Å². The summed E-state index contributed by atoms with van der Waals surface area (Å²) in [7, 11) is 0. The van der Waals surface area contributed by atoms with Gasteiger partial charge in [0.05, 0.1) is 0 Å². The fraction of sp³-hybridized carbons (Fsp3) is 0.444. The third-order valence-corrected chi connectivity index (χ3v) is 1.73. The standard InChI is InChI=1S/C9H12N2O4/c1-5(2)8-7(11-4-15-8)9(14)10-3-6(12)13/h4-5H,3H2,1-2H3,(H,10,14)(H,12,13). The van der Waals surface area contributed by atoms with Crippen molar-refractivity contribution in [3.05, 3.63) is 17.8 Å². The predicted octanol–water partition coefficient (Wildman–Crippen LogP) is 0.612. The Balaban J connectivity index is 2.73. The lowest BCUT2D eigenvalue weighted by molar-refractivity contribution is -0.135. The van der Waals surface area contributed by atoms with Crippen molar-refractivity contribution in [3.63, 3.8) is 0 Å². The number of nitrogens with one attached hydrogen (secondary N) is 1. The molecule has 1 heterocycles. The molecular formula is C9H12N2O4. The number of carbonyl (C=O) groups excluding carboxylic acids is 1. The van der Waals surface area contributed by atoms with Crippen LogP contribution in [-0.4, -0.2) is 28.5 Å². The van der Waals surface area contributed by atoms with Crippen LogP contribution in [0.1, 0.15) is 36.0 Å². The lowest BCUT2D eigenvalue weighted by Crippen LogP contribution is -2.30. The highest BCUT2D eigenvalue weighted by molar-refractivity contribution is 5.94. The first-order valence-electron chi connectivity index (χ1n) is 4.45. The summed E-state index contributed by atoms with van der Waals surface area (Å²) in [5.41, 5.74) is 0.145. The number of amides is 1. The maximum absolute atomic E-state index is 11.4. The Kier molecular flexibility index (Phi) is 3.43. The molecule has 0 aliphatic rings. The highest BCUT2D eigenvalue weighted by Gasteiger charge is 2.19. The van der Waals surface area contributed by atoms with E-state index in [0.717, 1.165) is 0 Å². The zero-order chi connectivity index (χ0) is 11.4. The first kappa shape index (κ1) is 11.2. The largest absolute Gasteiger partial charge is 0.480 e. The van der Waals surface area contributed by atoms with Gasteiger partial charge in [-0.3, -0.25) is 9.59 Å². The first-order chi connectivity index (χ1) is 7.02. The minimum Gasteiger partial charge on any atom is -0.480 e. The van der Waals surface area contributed by atoms with Crippen LogP contribution in [-0.2, 0) is 4.79 Å². The highest BCUT2D eigenvalue weighted by atomic mass is 16.4. The molecule has 0 bridgehead atoms. The minimum absolute atomic E-state index is 0.0260. The van der Waals surface area contributed by atoms with Gasteiger partial charge < -0.3 is 14.8 Å². The minimum atomic E-state index is -1.10. The van der Waals surface area contributed by atoms with Crippen LogP contribution >= 0.6 is 0 Å². The number of carboxylic acids is 1. The first-order valence-corrected chi connectivity index (χ1v) is 4.45. The molecule has 0 fully saturated rings. The fourth-order valence-corrected chi connectivity index (χ4v) is 1.07. The van der Waals surface area contributed by atoms with Crippen molar-refractivity contribution in [1.82, 2.24) is 10.3 Å². The van der Waals surface area contributed by atoms with Gasteiger partial charge in [-0.2, -0.15) is 0 Å². The maximum Gasteiger partial charge on any atom is 0.322 e. The molecule has 0 aromatic carbocycles. The van der Waals surface area contributed by atoms with Gasteiger partial charge in [-0.1, -0.05) is 13.8 Å². The summed E-state index contributed by atoms with van der Waals surface area (Å²) in [5, 5.41) is 10.6. The summed E-state index contributed by atoms with van der Waals surface area (Å²) in [4.78, 5) is 25.4. The Labute approximate surface area is 86.3 Å². The van der Waals surface area contributed by atoms with Crippen molar-refractivity contribution in [3.8, 4) is 0 Å². The Morgan fingerprint density at radius 1 is 1.60 bits per heavy atom. The van der Waals surface area contributed by atoms with Crippen molar-refractivity contribution in [1.29, 1.82) is 0 Å². The number of carboxylic acid groups (broad SMARTS) is 1. The Hall–Kier alpha value is -1.85. The summed E-state index contributed by atoms with van der Waals surface area (Å²) >= 11 is 0. The topological polar surface area (TPSA) is 92.4 Å². The molecule has 6 nitrogen and oxygen atoms in total. The SMILES string of the molecule is CC(C)c1ocnc1C(=O)NCC(=O)O. The summed E-state index contributed by atoms with van der Waals surface area (Å²) in [6.45, 7) is 3.28. The third-order valence-electron chi connectivity index (χ3n) is 1.73. The normalized spacial score (nSPS) is 10.3. The predicted molar refractivity (Wildman–Crippen MR) is 50.6 cm³/mol. The average molecular weight is 212 g/mol. The van der Waals surface area contributed by atoms with Crippen LogP contribution in [0.3, 0.4) is 0 Å². The summed E-state index contributed by atoms with van der Waals surface area (Å²) in [6.07, 6.45) is 1.17. The van der Waals surface area contributed by atoms with Crippen LogP contribution in [0, 0.1) is 0 Å². The number of rotatable bonds is 4. The number of aliphatic carboxylic acids is 1. The monoisotopic (exact) mass is 212 g/mol. The van der Waals surface area contributed by atoms with E-state index < -0.39 is 18.4 Å². The second-order valence-corrected chi connectivity index (χ2v) is 3.30. The molecule has 1 aromatic heterocycles. The van der Waals surface area contributed by atoms with Gasteiger partial charge in [-0.15, -0.1) is 0 Å². The van der Waals surface area contributed by atoms with E-state index in [1.165, 1.54) is 6.39 Å². The van der Waals surface area contributed by atoms with Crippen molar-refractivity contribution in [2.75, 3.05) is 6.54 Å². The van der Waals surface area contributed by atoms with Gasteiger partial charge in [0.1, 0.15) is 12.3 Å². The Morgan fingerprint density at radius 2 is 2.27 bits per heavy atom. The molecule has 0 saturated carbocycles. The van der Waals surface area contributed by atoms with E-state index in [-0.39, 0.29) is 11.6 Å². The highest BCUT2D eigenvalue weighted by Crippen LogP contribution is 2.17. The van der Waals surface area contributed by atoms with E-state index in [1.807, 2.05) is 13.8 Å². The number of carbonyl (C=O) groups is 2. The van der Waals surface area contributed by atoms with Crippen molar-refractivity contribution in [2.24, 2.45) is 0 Å². The second-order valence-electron chi connectivity index (χ2n) is 3.30. The number of hydrogen-bond acceptors (Lipinski definition) is 4. The van der Waals surface area contributed by atoms with Crippen LogP contribution < -0.4 is 5.32 Å². The number of hydrogen-bond donors (Lipinski definition) is 2. The smallest absolute Gasteiger partial charge is 0.322 e. The van der Waals surface area contributed by atoms with Gasteiger partial charge in [0, 0.05) is 5.92 Å². The number of oxazole rings is 1. The van der Waals surface area contributed by atoms with E-state index in [9.17, 15) is 9.59 Å². The van der Waals surface area contributed by atoms with Crippen molar-refractivity contribution >= 4 is 11.9 Å². The molecule has 0 spiro atoms. The third kappa shape index (κ3) is 2.80. The van der Waals surface area contributed by atoms with E-state index in [0.29, 0.717) is 5.76 Å². The quantitative estimate of drug-likeness (QED) is 0.762. The second kappa shape index (κ2) is 4.59. The van der Waals surface area contributed by atoms with E-state index in [1.54, 1.807) is 0 Å². The summed E-state index contributed by atoms with van der Waals surface area (Å²) in [6, 6.07) is 0. The van der Waals surface area contributed by atoms with Gasteiger partial charge in [-0.25, -0.2) is 4.98 Å². The van der Waals surface area contributed by atoms with Gasteiger partial charge in [-0.05, 0) is 0 Å². The lowest BCUT2D eigenvalue weighted by Gasteiger charge is -2.03. The molecular weight excluding hydrogens is 200 g/mol. The molecule has 1 rings (SSSR count). The fourth-order valence-electron chi connectivity index (χ4n) is 1.07. The molecule has 15 heavy (non-hydrogen) atoms. The molecule has 0 aliphatic heterocycles. The Morgan fingerprint density at radius 3 is 2.80 bits per heavy atom. The number of nitrogens with zero attached hydrogens (tertiary/aromatic N) is 1. The van der Waals surface area contributed by atoms with Gasteiger partial charge >= 0.3 is 5.97 Å². The summed E-state index contributed by atoms with van der Waals surface area (Å²) < 4.78 is 5.03. The van der Waals surface area contributed by atoms with E-state index in [2.05, 4.69) is 10.3 Å². The summed E-state index contributed by atoms with van der Waals surface area (Å²) in [5.74, 6) is -1.15. The molecule has 0 unspecified atom stereocenters. The van der Waals surface area contributed by atoms with E-state index in [4.69, 9.17) is 9.52 Å². The lowest BCUT2D eigenvalue weighted by atomic mass is 10.1. The van der Waals surface area contributed by atoms with Gasteiger partial charge in [0.2, 0.25) is 0 Å². The molecule has 1 amide bonds. The zero-order valence-corrected chi connectivity index (χ0v) is 8.48. The molecule has 0 radical (unpaired) electrons. The molecule has 0 aliphatic carbocycles. The van der Waals surface area contributed by atoms with Crippen LogP contribution in [0.5, 0.6) is 0 Å². The van der Waals surface area contributed by atoms with Crippen LogP contribution in [0.15, 0.2) is 10.8 Å². The molecule has 82 valence electrons. The van der Waals surface area contributed by atoms with Crippen LogP contribution in [0.2, 0.25) is 0 Å². The molecule has 2 N–H and O–H groups in total. The van der Waals surface area contributed by atoms with Crippen LogP contribution in [0.25, 0.3) is 0 Å². The average Bonchev–Trinajstić information content (AvgIpc) is 2.62. The molecule has 1 aromatic rings. The number of aromatic nitrogens is 1.